The van der Waals surface area contributed by atoms with Crippen LogP contribution in [0, 0.1) is 0 Å². The number of aryl methyl sites for hydroxylation is 1. The first-order valence-electron chi connectivity index (χ1n) is 11.0. The molecule has 5 nitrogen and oxygen atoms in total. The summed E-state index contributed by atoms with van der Waals surface area (Å²) in [5, 5.41) is 8.93. The van der Waals surface area contributed by atoms with Gasteiger partial charge in [0.25, 0.3) is 0 Å². The van der Waals surface area contributed by atoms with Crippen LogP contribution >= 0.6 is 12.4 Å². The standard InChI is InChI=1S/C23H32N4O.ClH/c1-2-3-4-5-6-7-10-16-27-17-19(18-12-8-9-14-21(18)27)22-25-23(28-26-22)20-13-11-15-24-20;/h8-9,12,14,17,20,24H,2-7,10-11,13,15-16H2,1H3;1H/t20-;/m0./s1. The molecule has 0 amide bonds. The van der Waals surface area contributed by atoms with Crippen molar-refractivity contribution >= 4 is 23.3 Å². The van der Waals surface area contributed by atoms with Crippen LogP contribution in [0.15, 0.2) is 35.0 Å². The third-order valence-electron chi connectivity index (χ3n) is 5.83. The largest absolute Gasteiger partial charge is 0.347 e. The summed E-state index contributed by atoms with van der Waals surface area (Å²) in [5.74, 6) is 1.43. The molecule has 0 unspecified atom stereocenters. The fourth-order valence-corrected chi connectivity index (χ4v) is 4.23. The summed E-state index contributed by atoms with van der Waals surface area (Å²) < 4.78 is 7.94. The maximum Gasteiger partial charge on any atom is 0.244 e. The smallest absolute Gasteiger partial charge is 0.244 e. The maximum atomic E-state index is 5.57. The fourth-order valence-electron chi connectivity index (χ4n) is 4.23. The summed E-state index contributed by atoms with van der Waals surface area (Å²) in [5.41, 5.74) is 2.33. The van der Waals surface area contributed by atoms with E-state index in [0.29, 0.717) is 5.82 Å². The Hall–Kier alpha value is -1.85. The van der Waals surface area contributed by atoms with Crippen LogP contribution in [0.1, 0.15) is 76.6 Å². The van der Waals surface area contributed by atoms with Gasteiger partial charge in [-0.1, -0.05) is 68.8 Å². The number of unbranched alkanes of at least 4 members (excludes halogenated alkanes) is 6. The lowest BCUT2D eigenvalue weighted by Gasteiger charge is -2.05. The second-order valence-corrected chi connectivity index (χ2v) is 7.98. The second kappa shape index (κ2) is 10.8. The van der Waals surface area contributed by atoms with Gasteiger partial charge in [-0.15, -0.1) is 12.4 Å². The minimum absolute atomic E-state index is 0. The van der Waals surface area contributed by atoms with Gasteiger partial charge < -0.3 is 14.4 Å². The summed E-state index contributed by atoms with van der Waals surface area (Å²) in [7, 11) is 0. The van der Waals surface area contributed by atoms with Gasteiger partial charge in [-0.3, -0.25) is 0 Å². The lowest BCUT2D eigenvalue weighted by molar-refractivity contribution is 0.345. The van der Waals surface area contributed by atoms with Crippen LogP contribution < -0.4 is 5.32 Å². The molecule has 1 fully saturated rings. The number of benzene rings is 1. The third kappa shape index (κ3) is 5.20. The van der Waals surface area contributed by atoms with E-state index in [0.717, 1.165) is 31.0 Å². The van der Waals surface area contributed by atoms with Crippen LogP contribution in [0.2, 0.25) is 0 Å². The van der Waals surface area contributed by atoms with E-state index in [1.54, 1.807) is 0 Å². The summed E-state index contributed by atoms with van der Waals surface area (Å²) in [6.45, 7) is 4.34. The topological polar surface area (TPSA) is 55.9 Å². The Morgan fingerprint density at radius 1 is 1.10 bits per heavy atom. The van der Waals surface area contributed by atoms with Crippen molar-refractivity contribution in [2.75, 3.05) is 6.54 Å². The highest BCUT2D eigenvalue weighted by molar-refractivity contribution is 5.94. The quantitative estimate of drug-likeness (QED) is 0.394. The maximum absolute atomic E-state index is 5.57. The molecule has 29 heavy (non-hydrogen) atoms. The van der Waals surface area contributed by atoms with E-state index in [9.17, 15) is 0 Å². The number of para-hydroxylation sites is 1. The molecule has 0 spiro atoms. The SMILES string of the molecule is CCCCCCCCCn1cc(-c2noc([C@@H]3CCCN3)n2)c2ccccc21.Cl. The molecular weight excluding hydrogens is 384 g/mol. The molecule has 1 atom stereocenters. The molecular formula is C23H33ClN4O. The molecule has 0 saturated carbocycles. The number of hydrogen-bond donors (Lipinski definition) is 1. The van der Waals surface area contributed by atoms with Gasteiger partial charge >= 0.3 is 0 Å². The zero-order valence-corrected chi connectivity index (χ0v) is 18.2. The highest BCUT2D eigenvalue weighted by Crippen LogP contribution is 2.31. The molecule has 0 radical (unpaired) electrons. The minimum Gasteiger partial charge on any atom is -0.347 e. The van der Waals surface area contributed by atoms with E-state index < -0.39 is 0 Å². The zero-order valence-electron chi connectivity index (χ0n) is 17.4. The van der Waals surface area contributed by atoms with Crippen molar-refractivity contribution < 1.29 is 4.52 Å². The average molecular weight is 417 g/mol. The Labute approximate surface area is 179 Å². The van der Waals surface area contributed by atoms with Crippen molar-refractivity contribution in [1.29, 1.82) is 0 Å². The van der Waals surface area contributed by atoms with E-state index in [2.05, 4.69) is 52.4 Å². The molecule has 6 heteroatoms. The van der Waals surface area contributed by atoms with Crippen LogP contribution in [0.25, 0.3) is 22.3 Å². The lowest BCUT2D eigenvalue weighted by atomic mass is 10.1. The molecule has 1 aliphatic heterocycles. The van der Waals surface area contributed by atoms with E-state index in [-0.39, 0.29) is 18.4 Å². The van der Waals surface area contributed by atoms with Crippen molar-refractivity contribution in [2.24, 2.45) is 0 Å². The summed E-state index contributed by atoms with van der Waals surface area (Å²) >= 11 is 0. The summed E-state index contributed by atoms with van der Waals surface area (Å²) in [6, 6.07) is 8.76. The van der Waals surface area contributed by atoms with Crippen LogP contribution in [-0.2, 0) is 6.54 Å². The number of nitrogens with zero attached hydrogens (tertiary/aromatic N) is 3. The third-order valence-corrected chi connectivity index (χ3v) is 5.83. The highest BCUT2D eigenvalue weighted by Gasteiger charge is 2.23. The normalized spacial score (nSPS) is 16.4. The van der Waals surface area contributed by atoms with Gasteiger partial charge in [0.2, 0.25) is 11.7 Å². The predicted octanol–water partition coefficient (Wildman–Crippen LogP) is 6.29. The predicted molar refractivity (Wildman–Crippen MR) is 120 cm³/mol. The first-order chi connectivity index (χ1) is 13.9. The Morgan fingerprint density at radius 2 is 1.90 bits per heavy atom. The van der Waals surface area contributed by atoms with Gasteiger partial charge in [-0.05, 0) is 31.9 Å². The number of rotatable bonds is 10. The van der Waals surface area contributed by atoms with Crippen molar-refractivity contribution in [2.45, 2.75) is 77.3 Å². The molecule has 0 aliphatic carbocycles. The average Bonchev–Trinajstić information content (AvgIpc) is 3.46. The number of halogens is 1. The summed E-state index contributed by atoms with van der Waals surface area (Å²) in [6.07, 6.45) is 13.7. The number of fused-ring (bicyclic) bond motifs is 1. The number of nitrogens with one attached hydrogen (secondary N) is 1. The molecule has 2 aromatic heterocycles. The van der Waals surface area contributed by atoms with Crippen LogP contribution in [0.5, 0.6) is 0 Å². The molecule has 4 rings (SSSR count). The summed E-state index contributed by atoms with van der Waals surface area (Å²) in [4.78, 5) is 4.71. The first kappa shape index (κ1) is 21.8. The Morgan fingerprint density at radius 3 is 2.69 bits per heavy atom. The Bertz CT molecular complexity index is 882. The zero-order chi connectivity index (χ0) is 19.2. The van der Waals surface area contributed by atoms with Crippen molar-refractivity contribution in [3.8, 4) is 11.4 Å². The molecule has 3 heterocycles. The van der Waals surface area contributed by atoms with Crippen LogP contribution in [0.4, 0.5) is 0 Å². The Balaban J connectivity index is 0.00000240. The fraction of sp³-hybridized carbons (Fsp3) is 0.565. The van der Waals surface area contributed by atoms with E-state index >= 15 is 0 Å². The molecule has 1 N–H and O–H groups in total. The van der Waals surface area contributed by atoms with Crippen LogP contribution in [0.3, 0.4) is 0 Å². The van der Waals surface area contributed by atoms with E-state index in [1.807, 2.05) is 0 Å². The van der Waals surface area contributed by atoms with Gasteiger partial charge in [0.15, 0.2) is 0 Å². The molecule has 3 aromatic rings. The minimum atomic E-state index is 0. The second-order valence-electron chi connectivity index (χ2n) is 7.98. The van der Waals surface area contributed by atoms with Crippen LogP contribution in [-0.4, -0.2) is 21.3 Å². The van der Waals surface area contributed by atoms with Crippen molar-refractivity contribution in [3.05, 3.63) is 36.4 Å². The number of hydrogen-bond acceptors (Lipinski definition) is 4. The van der Waals surface area contributed by atoms with Gasteiger partial charge in [0.05, 0.1) is 6.04 Å². The molecule has 1 saturated heterocycles. The van der Waals surface area contributed by atoms with Crippen molar-refractivity contribution in [3.63, 3.8) is 0 Å². The molecule has 0 bridgehead atoms. The highest BCUT2D eigenvalue weighted by atomic mass is 35.5. The molecule has 1 aliphatic rings. The van der Waals surface area contributed by atoms with E-state index in [4.69, 9.17) is 9.51 Å². The van der Waals surface area contributed by atoms with Crippen molar-refractivity contribution in [1.82, 2.24) is 20.0 Å². The Kier molecular flexibility index (Phi) is 8.13. The van der Waals surface area contributed by atoms with Gasteiger partial charge in [-0.25, -0.2) is 0 Å². The monoisotopic (exact) mass is 416 g/mol. The first-order valence-corrected chi connectivity index (χ1v) is 11.0. The molecule has 1 aromatic carbocycles. The van der Waals surface area contributed by atoms with Gasteiger partial charge in [0, 0.05) is 29.2 Å². The van der Waals surface area contributed by atoms with E-state index in [1.165, 1.54) is 62.3 Å². The lowest BCUT2D eigenvalue weighted by Crippen LogP contribution is -2.12. The number of aromatic nitrogens is 3. The molecule has 158 valence electrons. The van der Waals surface area contributed by atoms with Gasteiger partial charge in [-0.2, -0.15) is 4.98 Å². The van der Waals surface area contributed by atoms with Gasteiger partial charge in [0.1, 0.15) is 0 Å².